The molecule has 0 atom stereocenters. The van der Waals surface area contributed by atoms with Gasteiger partial charge in [-0.3, -0.25) is 0 Å². The van der Waals surface area contributed by atoms with Crippen molar-refractivity contribution in [2.75, 3.05) is 18.8 Å². The SMILES string of the molecule is CC(C)(C)OC(=O)N1CCC(c2ccc(F)c(N)c2)CC1. The first kappa shape index (κ1) is 15.6. The summed E-state index contributed by atoms with van der Waals surface area (Å²) in [6.07, 6.45) is 1.41. The second kappa shape index (κ2) is 5.92. The van der Waals surface area contributed by atoms with Gasteiger partial charge in [0.25, 0.3) is 0 Å². The molecule has 2 rings (SSSR count). The second-order valence-corrected chi connectivity index (χ2v) is 6.52. The summed E-state index contributed by atoms with van der Waals surface area (Å²) in [5.41, 5.74) is 6.36. The van der Waals surface area contributed by atoms with E-state index in [0.29, 0.717) is 19.0 Å². The number of ether oxygens (including phenoxy) is 1. The molecular formula is C16H23FN2O2. The molecule has 116 valence electrons. The van der Waals surface area contributed by atoms with Gasteiger partial charge in [-0.2, -0.15) is 0 Å². The van der Waals surface area contributed by atoms with Crippen LogP contribution in [0.4, 0.5) is 14.9 Å². The molecular weight excluding hydrogens is 271 g/mol. The molecule has 2 N–H and O–H groups in total. The Morgan fingerprint density at radius 2 is 1.95 bits per heavy atom. The van der Waals surface area contributed by atoms with Crippen molar-refractivity contribution < 1.29 is 13.9 Å². The molecule has 1 saturated heterocycles. The fraction of sp³-hybridized carbons (Fsp3) is 0.562. The molecule has 0 unspecified atom stereocenters. The molecule has 1 aromatic rings. The third-order valence-corrected chi connectivity index (χ3v) is 3.64. The summed E-state index contributed by atoms with van der Waals surface area (Å²) < 4.78 is 18.6. The lowest BCUT2D eigenvalue weighted by atomic mass is 9.89. The fourth-order valence-electron chi connectivity index (χ4n) is 2.54. The van der Waals surface area contributed by atoms with Gasteiger partial charge in [0.15, 0.2) is 0 Å². The highest BCUT2D eigenvalue weighted by Gasteiger charge is 2.27. The number of benzene rings is 1. The van der Waals surface area contributed by atoms with Gasteiger partial charge in [-0.05, 0) is 57.2 Å². The summed E-state index contributed by atoms with van der Waals surface area (Å²) >= 11 is 0. The summed E-state index contributed by atoms with van der Waals surface area (Å²) in [6.45, 7) is 6.88. The lowest BCUT2D eigenvalue weighted by Crippen LogP contribution is -2.41. The molecule has 1 amide bonds. The summed E-state index contributed by atoms with van der Waals surface area (Å²) in [5, 5.41) is 0. The molecule has 0 aromatic heterocycles. The first-order valence-electron chi connectivity index (χ1n) is 7.29. The summed E-state index contributed by atoms with van der Waals surface area (Å²) in [7, 11) is 0. The maximum Gasteiger partial charge on any atom is 0.410 e. The maximum atomic E-state index is 13.2. The molecule has 0 spiro atoms. The minimum atomic E-state index is -0.473. The summed E-state index contributed by atoms with van der Waals surface area (Å²) in [6, 6.07) is 4.88. The Balaban J connectivity index is 1.94. The number of piperidine rings is 1. The van der Waals surface area contributed by atoms with Crippen molar-refractivity contribution in [2.24, 2.45) is 0 Å². The van der Waals surface area contributed by atoms with Gasteiger partial charge in [0.2, 0.25) is 0 Å². The highest BCUT2D eigenvalue weighted by atomic mass is 19.1. The predicted molar refractivity (Wildman–Crippen MR) is 80.6 cm³/mol. The Kier molecular flexibility index (Phi) is 4.40. The van der Waals surface area contributed by atoms with Crippen LogP contribution in [0.5, 0.6) is 0 Å². The highest BCUT2D eigenvalue weighted by molar-refractivity contribution is 5.68. The Morgan fingerprint density at radius 1 is 1.33 bits per heavy atom. The molecule has 0 bridgehead atoms. The number of likely N-dealkylation sites (tertiary alicyclic amines) is 1. The largest absolute Gasteiger partial charge is 0.444 e. The molecule has 0 aliphatic carbocycles. The smallest absolute Gasteiger partial charge is 0.410 e. The number of carbonyl (C=O) groups excluding carboxylic acids is 1. The molecule has 0 saturated carbocycles. The van der Waals surface area contributed by atoms with Gasteiger partial charge in [0.1, 0.15) is 11.4 Å². The minimum absolute atomic E-state index is 0.182. The lowest BCUT2D eigenvalue weighted by molar-refractivity contribution is 0.0205. The number of amides is 1. The van der Waals surface area contributed by atoms with E-state index < -0.39 is 5.60 Å². The zero-order valence-corrected chi connectivity index (χ0v) is 12.9. The van der Waals surface area contributed by atoms with E-state index in [9.17, 15) is 9.18 Å². The minimum Gasteiger partial charge on any atom is -0.444 e. The van der Waals surface area contributed by atoms with Crippen molar-refractivity contribution in [3.8, 4) is 0 Å². The molecule has 1 aliphatic heterocycles. The van der Waals surface area contributed by atoms with Crippen molar-refractivity contribution >= 4 is 11.8 Å². The quantitative estimate of drug-likeness (QED) is 0.806. The fourth-order valence-corrected chi connectivity index (χ4v) is 2.54. The molecule has 1 aliphatic rings. The first-order chi connectivity index (χ1) is 9.76. The molecule has 4 nitrogen and oxygen atoms in total. The molecule has 1 heterocycles. The number of nitrogens with zero attached hydrogens (tertiary/aromatic N) is 1. The van der Waals surface area contributed by atoms with Crippen molar-refractivity contribution in [3.05, 3.63) is 29.6 Å². The van der Waals surface area contributed by atoms with E-state index in [1.165, 1.54) is 6.07 Å². The number of hydrogen-bond donors (Lipinski definition) is 1. The third-order valence-electron chi connectivity index (χ3n) is 3.64. The van der Waals surface area contributed by atoms with Crippen molar-refractivity contribution in [1.82, 2.24) is 4.90 Å². The average molecular weight is 294 g/mol. The maximum absolute atomic E-state index is 13.2. The van der Waals surface area contributed by atoms with E-state index in [1.807, 2.05) is 20.8 Å². The van der Waals surface area contributed by atoms with Gasteiger partial charge >= 0.3 is 6.09 Å². The summed E-state index contributed by atoms with van der Waals surface area (Å²) in [4.78, 5) is 13.7. The van der Waals surface area contributed by atoms with Crippen LogP contribution in [0.1, 0.15) is 45.1 Å². The molecule has 1 fully saturated rings. The van der Waals surface area contributed by atoms with Crippen molar-refractivity contribution in [2.45, 2.75) is 45.1 Å². The van der Waals surface area contributed by atoms with Crippen LogP contribution < -0.4 is 5.73 Å². The van der Waals surface area contributed by atoms with Crippen LogP contribution in [0, 0.1) is 5.82 Å². The van der Waals surface area contributed by atoms with Crippen LogP contribution in [0.3, 0.4) is 0 Å². The zero-order chi connectivity index (χ0) is 15.6. The number of nitrogen functional groups attached to an aromatic ring is 1. The molecule has 1 aromatic carbocycles. The Labute approximate surface area is 125 Å². The van der Waals surface area contributed by atoms with Crippen molar-refractivity contribution in [3.63, 3.8) is 0 Å². The van der Waals surface area contributed by atoms with E-state index in [4.69, 9.17) is 10.5 Å². The third kappa shape index (κ3) is 4.09. The normalized spacial score (nSPS) is 16.9. The molecule has 5 heteroatoms. The van der Waals surface area contributed by atoms with Gasteiger partial charge < -0.3 is 15.4 Å². The van der Waals surface area contributed by atoms with Crippen LogP contribution in [0.25, 0.3) is 0 Å². The zero-order valence-electron chi connectivity index (χ0n) is 12.9. The van der Waals surface area contributed by atoms with E-state index >= 15 is 0 Å². The van der Waals surface area contributed by atoms with E-state index in [1.54, 1.807) is 17.0 Å². The number of nitrogens with two attached hydrogens (primary N) is 1. The van der Waals surface area contributed by atoms with Gasteiger partial charge in [-0.25, -0.2) is 9.18 Å². The Hall–Kier alpha value is -1.78. The standard InChI is InChI=1S/C16H23FN2O2/c1-16(2,3)21-15(20)19-8-6-11(7-9-19)12-4-5-13(17)14(18)10-12/h4-5,10-11H,6-9,18H2,1-3H3. The number of hydrogen-bond acceptors (Lipinski definition) is 3. The topological polar surface area (TPSA) is 55.6 Å². The van der Waals surface area contributed by atoms with E-state index in [-0.39, 0.29) is 17.6 Å². The average Bonchev–Trinajstić information content (AvgIpc) is 2.40. The van der Waals surface area contributed by atoms with E-state index in [0.717, 1.165) is 18.4 Å². The van der Waals surface area contributed by atoms with Gasteiger partial charge in [-0.1, -0.05) is 6.07 Å². The van der Waals surface area contributed by atoms with Crippen LogP contribution in [0.2, 0.25) is 0 Å². The highest BCUT2D eigenvalue weighted by Crippen LogP contribution is 2.30. The number of halogens is 1. The number of carbonyl (C=O) groups is 1. The van der Waals surface area contributed by atoms with Crippen LogP contribution >= 0.6 is 0 Å². The molecule has 21 heavy (non-hydrogen) atoms. The monoisotopic (exact) mass is 294 g/mol. The number of rotatable bonds is 1. The van der Waals surface area contributed by atoms with Crippen molar-refractivity contribution in [1.29, 1.82) is 0 Å². The predicted octanol–water partition coefficient (Wildman–Crippen LogP) is 3.52. The lowest BCUT2D eigenvalue weighted by Gasteiger charge is -2.33. The van der Waals surface area contributed by atoms with Crippen LogP contribution in [-0.4, -0.2) is 29.7 Å². The Bertz CT molecular complexity index is 517. The summed E-state index contributed by atoms with van der Waals surface area (Å²) in [5.74, 6) is -0.0727. The second-order valence-electron chi connectivity index (χ2n) is 6.52. The first-order valence-corrected chi connectivity index (χ1v) is 7.29. The Morgan fingerprint density at radius 3 is 2.48 bits per heavy atom. The van der Waals surface area contributed by atoms with E-state index in [2.05, 4.69) is 0 Å². The van der Waals surface area contributed by atoms with Gasteiger partial charge in [-0.15, -0.1) is 0 Å². The van der Waals surface area contributed by atoms with Crippen LogP contribution in [0.15, 0.2) is 18.2 Å². The number of anilines is 1. The molecule has 0 radical (unpaired) electrons. The van der Waals surface area contributed by atoms with Crippen LogP contribution in [-0.2, 0) is 4.74 Å². The van der Waals surface area contributed by atoms with Gasteiger partial charge in [0, 0.05) is 13.1 Å². The van der Waals surface area contributed by atoms with Gasteiger partial charge in [0.05, 0.1) is 5.69 Å².